The molecule has 0 saturated carbocycles. The van der Waals surface area contributed by atoms with Gasteiger partial charge in [0.05, 0.1) is 16.9 Å². The highest BCUT2D eigenvalue weighted by Crippen LogP contribution is 2.41. The van der Waals surface area contributed by atoms with Crippen LogP contribution in [0.3, 0.4) is 0 Å². The van der Waals surface area contributed by atoms with Gasteiger partial charge >= 0.3 is 12.1 Å². The van der Waals surface area contributed by atoms with E-state index in [1.54, 1.807) is 36.0 Å². The average Bonchev–Trinajstić information content (AvgIpc) is 2.96. The van der Waals surface area contributed by atoms with E-state index in [2.05, 4.69) is 25.6 Å². The number of piperidine rings is 1. The maximum Gasteiger partial charge on any atom is 0.454 e. The molecule has 45 heavy (non-hydrogen) atoms. The molecule has 2 aromatic heterocycles. The van der Waals surface area contributed by atoms with E-state index < -0.39 is 39.4 Å². The molecule has 0 spiro atoms. The minimum Gasteiger partial charge on any atom is -0.437 e. The van der Waals surface area contributed by atoms with E-state index in [1.165, 1.54) is 24.4 Å². The first kappa shape index (κ1) is 34.0. The van der Waals surface area contributed by atoms with Crippen molar-refractivity contribution >= 4 is 44.8 Å². The summed E-state index contributed by atoms with van der Waals surface area (Å²) in [6.07, 6.45) is -1.12. The van der Waals surface area contributed by atoms with E-state index in [-0.39, 0.29) is 40.9 Å². The molecule has 0 radical (unpaired) electrons. The van der Waals surface area contributed by atoms with Gasteiger partial charge in [-0.05, 0) is 62.2 Å². The quantitative estimate of drug-likeness (QED) is 0.173. The molecule has 0 aliphatic carbocycles. The molecule has 242 valence electrons. The van der Waals surface area contributed by atoms with Crippen molar-refractivity contribution in [3.8, 4) is 22.9 Å². The van der Waals surface area contributed by atoms with Gasteiger partial charge in [-0.3, -0.25) is 4.72 Å². The minimum atomic E-state index is -6.12. The lowest BCUT2D eigenvalue weighted by molar-refractivity contribution is -0.271. The Balaban J connectivity index is 0.00000461. The van der Waals surface area contributed by atoms with Crippen molar-refractivity contribution in [2.75, 3.05) is 28.9 Å². The Morgan fingerprint density at radius 3 is 2.49 bits per heavy atom. The molecule has 2 aromatic carbocycles. The number of rotatable bonds is 9. The lowest BCUT2D eigenvalue weighted by atomic mass is 10.0. The third-order valence-electron chi connectivity index (χ3n) is 6.87. The number of fused-ring (bicyclic) bond motifs is 1. The van der Waals surface area contributed by atoms with Gasteiger partial charge in [-0.1, -0.05) is 12.1 Å². The predicted octanol–water partition coefficient (Wildman–Crippen LogP) is 6.46. The smallest absolute Gasteiger partial charge is 0.437 e. The minimum absolute atomic E-state index is 0. The van der Waals surface area contributed by atoms with Gasteiger partial charge in [-0.25, -0.2) is 27.8 Å². The fraction of sp³-hybridized carbons (Fsp3) is 0.321. The van der Waals surface area contributed by atoms with Gasteiger partial charge in [-0.15, -0.1) is 12.4 Å². The van der Waals surface area contributed by atoms with Crippen molar-refractivity contribution in [3.63, 3.8) is 0 Å². The van der Waals surface area contributed by atoms with Gasteiger partial charge in [0.15, 0.2) is 0 Å². The van der Waals surface area contributed by atoms with Crippen LogP contribution in [-0.2, 0) is 10.0 Å². The fourth-order valence-corrected chi connectivity index (χ4v) is 5.94. The van der Waals surface area contributed by atoms with Crippen molar-refractivity contribution in [1.29, 1.82) is 0 Å². The number of aryl methyl sites for hydroxylation is 1. The lowest BCUT2D eigenvalue weighted by Crippen LogP contribution is -2.44. The molecule has 1 saturated heterocycles. The van der Waals surface area contributed by atoms with E-state index in [9.17, 15) is 34.8 Å². The van der Waals surface area contributed by atoms with Gasteiger partial charge in [0.2, 0.25) is 21.9 Å². The van der Waals surface area contributed by atoms with Gasteiger partial charge in [-0.2, -0.15) is 22.0 Å². The molecule has 3 N–H and O–H groups in total. The summed E-state index contributed by atoms with van der Waals surface area (Å²) < 4.78 is 112. The lowest BCUT2D eigenvalue weighted by Gasteiger charge is -2.23. The zero-order valence-corrected chi connectivity index (χ0v) is 25.1. The molecule has 17 heteroatoms. The van der Waals surface area contributed by atoms with E-state index >= 15 is 0 Å². The van der Waals surface area contributed by atoms with E-state index in [0.29, 0.717) is 22.8 Å². The number of sulfonamides is 1. The second-order valence-corrected chi connectivity index (χ2v) is 11.9. The van der Waals surface area contributed by atoms with Gasteiger partial charge in [0, 0.05) is 35.8 Å². The van der Waals surface area contributed by atoms with Crippen LogP contribution in [0.2, 0.25) is 0 Å². The zero-order valence-electron chi connectivity index (χ0n) is 23.5. The molecular formula is C28H27ClF6N6O3S. The van der Waals surface area contributed by atoms with Crippen LogP contribution in [0.1, 0.15) is 18.4 Å². The summed E-state index contributed by atoms with van der Waals surface area (Å²) in [6.45, 7) is 3.36. The summed E-state index contributed by atoms with van der Waals surface area (Å²) in [5.74, 6) is -8.79. The number of benzene rings is 2. The van der Waals surface area contributed by atoms with Crippen LogP contribution < -0.4 is 20.1 Å². The maximum absolute atomic E-state index is 14.9. The third-order valence-corrected chi connectivity index (χ3v) is 8.13. The highest BCUT2D eigenvalue weighted by Gasteiger charge is 2.59. The molecule has 0 unspecified atom stereocenters. The Bertz CT molecular complexity index is 1790. The van der Waals surface area contributed by atoms with Crippen LogP contribution in [0.5, 0.6) is 11.6 Å². The molecule has 0 bridgehead atoms. The Morgan fingerprint density at radius 1 is 1.02 bits per heavy atom. The number of halogens is 7. The van der Waals surface area contributed by atoms with Crippen LogP contribution in [0, 0.1) is 12.7 Å². The molecule has 0 amide bonds. The Morgan fingerprint density at radius 2 is 1.78 bits per heavy atom. The maximum atomic E-state index is 14.9. The number of ether oxygens (including phenoxy) is 1. The number of anilines is 2. The van der Waals surface area contributed by atoms with Crippen molar-refractivity contribution in [1.82, 2.24) is 20.3 Å². The number of alkyl halides is 5. The number of pyridine rings is 1. The molecule has 1 aliphatic rings. The molecule has 9 nitrogen and oxygen atoms in total. The highest BCUT2D eigenvalue weighted by atomic mass is 35.5. The average molecular weight is 677 g/mol. The first-order chi connectivity index (χ1) is 20.7. The van der Waals surface area contributed by atoms with Crippen LogP contribution in [0.4, 0.5) is 38.0 Å². The Labute approximate surface area is 260 Å². The molecule has 4 aromatic rings. The number of nitrogens with zero attached hydrogens (tertiary/aromatic N) is 3. The first-order valence-electron chi connectivity index (χ1n) is 13.3. The normalized spacial score (nSPS) is 15.8. The second-order valence-electron chi connectivity index (χ2n) is 10.2. The van der Waals surface area contributed by atoms with E-state index in [0.717, 1.165) is 32.0 Å². The van der Waals surface area contributed by atoms with E-state index in [4.69, 9.17) is 4.74 Å². The van der Waals surface area contributed by atoms with Crippen LogP contribution in [0.15, 0.2) is 54.9 Å². The SMILES string of the molecule is Cc1ccc2c(NS(=O)(=O)CC(F)(F)C(F)(F)F)c(F)ccc2c1Oc1ncccc1-c1ccnc(N[C@H]2CCCNC2)n1.Cl. The molecule has 1 fully saturated rings. The standard InChI is InChI=1S/C28H26F6N6O3S.ClH/c1-16-6-7-18-19(8-9-21(29)23(18)40-44(41,42)15-27(30,31)28(32,33)34)24(16)43-25-20(5-3-12-36-25)22-10-13-37-26(39-22)38-17-4-2-11-35-14-17;/h3,5-10,12-13,17,35,40H,2,4,11,14-15H2,1H3,(H,37,38,39);1H/t17-;/m0./s1. The summed E-state index contributed by atoms with van der Waals surface area (Å²) >= 11 is 0. The van der Waals surface area contributed by atoms with E-state index in [1.807, 2.05) is 0 Å². The number of hydrogen-bond acceptors (Lipinski definition) is 8. The fourth-order valence-electron chi connectivity index (χ4n) is 4.71. The van der Waals surface area contributed by atoms with Crippen molar-refractivity contribution in [2.24, 2.45) is 0 Å². The largest absolute Gasteiger partial charge is 0.454 e. The Hall–Kier alpha value is -3.89. The topological polar surface area (TPSA) is 118 Å². The highest BCUT2D eigenvalue weighted by molar-refractivity contribution is 7.92. The summed E-state index contributed by atoms with van der Waals surface area (Å²) in [6, 6.07) is 10.0. The zero-order chi connectivity index (χ0) is 31.7. The molecule has 1 aliphatic heterocycles. The van der Waals surface area contributed by atoms with Crippen LogP contribution in [0.25, 0.3) is 22.0 Å². The first-order valence-corrected chi connectivity index (χ1v) is 15.0. The third kappa shape index (κ3) is 7.68. The number of aromatic nitrogens is 3. The van der Waals surface area contributed by atoms with Crippen molar-refractivity contribution in [2.45, 2.75) is 37.9 Å². The van der Waals surface area contributed by atoms with Crippen molar-refractivity contribution in [3.05, 3.63) is 66.2 Å². The number of hydrogen-bond donors (Lipinski definition) is 3. The van der Waals surface area contributed by atoms with Gasteiger partial charge < -0.3 is 15.4 Å². The summed E-state index contributed by atoms with van der Waals surface area (Å²) in [7, 11) is -5.37. The predicted molar refractivity (Wildman–Crippen MR) is 159 cm³/mol. The monoisotopic (exact) mass is 676 g/mol. The summed E-state index contributed by atoms with van der Waals surface area (Å²) in [4.78, 5) is 13.2. The van der Waals surface area contributed by atoms with Gasteiger partial charge in [0.1, 0.15) is 17.3 Å². The molecule has 1 atom stereocenters. The Kier molecular flexibility index (Phi) is 9.99. The van der Waals surface area contributed by atoms with Crippen LogP contribution in [-0.4, -0.2) is 60.4 Å². The second kappa shape index (κ2) is 13.2. The molecular weight excluding hydrogens is 650 g/mol. The number of nitrogens with one attached hydrogen (secondary N) is 3. The molecule has 3 heterocycles. The van der Waals surface area contributed by atoms with Crippen LogP contribution >= 0.6 is 12.4 Å². The summed E-state index contributed by atoms with van der Waals surface area (Å²) in [5.41, 5.74) is 0.633. The van der Waals surface area contributed by atoms with Gasteiger partial charge in [0.25, 0.3) is 0 Å². The molecule has 5 rings (SSSR count). The van der Waals surface area contributed by atoms with Crippen molar-refractivity contribution < 1.29 is 39.5 Å². The summed E-state index contributed by atoms with van der Waals surface area (Å²) in [5, 5.41) is 6.60.